The molecule has 1 N–H and O–H groups in total. The predicted octanol–water partition coefficient (Wildman–Crippen LogP) is 4.58. The number of benzene rings is 2. The molecule has 0 unspecified atom stereocenters. The summed E-state index contributed by atoms with van der Waals surface area (Å²) in [5.41, 5.74) is 3.77. The highest BCUT2D eigenvalue weighted by molar-refractivity contribution is 7.14. The fourth-order valence-corrected chi connectivity index (χ4v) is 2.93. The Morgan fingerprint density at radius 1 is 1.16 bits per heavy atom. The van der Waals surface area contributed by atoms with E-state index >= 15 is 0 Å². The van der Waals surface area contributed by atoms with Crippen LogP contribution in [0.15, 0.2) is 47.8 Å². The largest absolute Gasteiger partial charge is 0.484 e. The molecule has 0 fully saturated rings. The molecule has 0 saturated heterocycles. The second-order valence-corrected chi connectivity index (χ2v) is 6.49. The minimum atomic E-state index is -0.295. The van der Waals surface area contributed by atoms with Crippen molar-refractivity contribution >= 4 is 22.4 Å². The third kappa shape index (κ3) is 4.42. The molecule has 25 heavy (non-hydrogen) atoms. The number of carbonyl (C=O) groups is 1. The Morgan fingerprint density at radius 3 is 2.64 bits per heavy atom. The number of rotatable bonds is 5. The number of anilines is 1. The zero-order valence-electron chi connectivity index (χ0n) is 13.9. The van der Waals surface area contributed by atoms with Crippen LogP contribution in [0.2, 0.25) is 0 Å². The van der Waals surface area contributed by atoms with E-state index in [9.17, 15) is 9.18 Å². The summed E-state index contributed by atoms with van der Waals surface area (Å²) in [7, 11) is 0. The van der Waals surface area contributed by atoms with Crippen molar-refractivity contribution in [2.75, 3.05) is 11.9 Å². The lowest BCUT2D eigenvalue weighted by atomic mass is 10.1. The minimum absolute atomic E-state index is 0.0893. The van der Waals surface area contributed by atoms with E-state index < -0.39 is 0 Å². The van der Waals surface area contributed by atoms with Crippen LogP contribution in [0.4, 0.5) is 9.52 Å². The second kappa shape index (κ2) is 7.44. The maximum Gasteiger partial charge on any atom is 0.264 e. The molecule has 6 heteroatoms. The molecule has 0 spiro atoms. The summed E-state index contributed by atoms with van der Waals surface area (Å²) in [4.78, 5) is 16.3. The number of aryl methyl sites for hydroxylation is 2. The van der Waals surface area contributed by atoms with E-state index in [0.29, 0.717) is 16.6 Å². The summed E-state index contributed by atoms with van der Waals surface area (Å²) in [6, 6.07) is 11.8. The Labute approximate surface area is 149 Å². The van der Waals surface area contributed by atoms with E-state index in [2.05, 4.69) is 10.3 Å². The van der Waals surface area contributed by atoms with Gasteiger partial charge >= 0.3 is 0 Å². The highest BCUT2D eigenvalue weighted by Gasteiger charge is 2.09. The summed E-state index contributed by atoms with van der Waals surface area (Å²) >= 11 is 1.31. The number of carbonyl (C=O) groups excluding carboxylic acids is 1. The van der Waals surface area contributed by atoms with Gasteiger partial charge in [-0.2, -0.15) is 0 Å². The van der Waals surface area contributed by atoms with Gasteiger partial charge in [0, 0.05) is 10.9 Å². The molecule has 2 aromatic carbocycles. The van der Waals surface area contributed by atoms with Crippen molar-refractivity contribution in [3.63, 3.8) is 0 Å². The normalized spacial score (nSPS) is 10.5. The standard InChI is InChI=1S/C19H17FN2O2S/c1-12-3-8-16(9-13(12)2)24-10-18(23)22-19-21-17(11-25-19)14-4-6-15(20)7-5-14/h3-9,11H,10H2,1-2H3,(H,21,22,23). The van der Waals surface area contributed by atoms with Crippen LogP contribution < -0.4 is 10.1 Å². The lowest BCUT2D eigenvalue weighted by Crippen LogP contribution is -2.20. The van der Waals surface area contributed by atoms with E-state index in [0.717, 1.165) is 11.1 Å². The van der Waals surface area contributed by atoms with Crippen LogP contribution >= 0.6 is 11.3 Å². The zero-order valence-corrected chi connectivity index (χ0v) is 14.7. The van der Waals surface area contributed by atoms with Crippen molar-refractivity contribution < 1.29 is 13.9 Å². The molecule has 0 atom stereocenters. The maximum atomic E-state index is 13.0. The van der Waals surface area contributed by atoms with Crippen molar-refractivity contribution in [3.8, 4) is 17.0 Å². The second-order valence-electron chi connectivity index (χ2n) is 5.63. The molecule has 1 heterocycles. The first-order chi connectivity index (χ1) is 12.0. The van der Waals surface area contributed by atoms with Gasteiger partial charge in [-0.25, -0.2) is 9.37 Å². The number of thiazole rings is 1. The van der Waals surface area contributed by atoms with Gasteiger partial charge in [0.15, 0.2) is 11.7 Å². The van der Waals surface area contributed by atoms with Crippen molar-refractivity contribution in [1.29, 1.82) is 0 Å². The van der Waals surface area contributed by atoms with Gasteiger partial charge in [0.05, 0.1) is 5.69 Å². The van der Waals surface area contributed by atoms with Crippen LogP contribution in [-0.4, -0.2) is 17.5 Å². The molecule has 1 aromatic heterocycles. The molecule has 0 radical (unpaired) electrons. The van der Waals surface area contributed by atoms with Crippen LogP contribution in [0.5, 0.6) is 5.75 Å². The summed E-state index contributed by atoms with van der Waals surface area (Å²) in [5.74, 6) is 0.0821. The molecular weight excluding hydrogens is 339 g/mol. The van der Waals surface area contributed by atoms with Crippen molar-refractivity contribution in [1.82, 2.24) is 4.98 Å². The van der Waals surface area contributed by atoms with Gasteiger partial charge < -0.3 is 4.74 Å². The summed E-state index contributed by atoms with van der Waals surface area (Å²) in [5, 5.41) is 5.00. The number of nitrogens with one attached hydrogen (secondary N) is 1. The first kappa shape index (κ1) is 17.1. The molecule has 0 bridgehead atoms. The number of halogens is 1. The molecule has 128 valence electrons. The van der Waals surface area contributed by atoms with Crippen LogP contribution in [-0.2, 0) is 4.79 Å². The number of hydrogen-bond acceptors (Lipinski definition) is 4. The van der Waals surface area contributed by atoms with Gasteiger partial charge in [0.2, 0.25) is 0 Å². The number of hydrogen-bond donors (Lipinski definition) is 1. The Bertz CT molecular complexity index is 891. The van der Waals surface area contributed by atoms with Gasteiger partial charge in [0.25, 0.3) is 5.91 Å². The SMILES string of the molecule is Cc1ccc(OCC(=O)Nc2nc(-c3ccc(F)cc3)cs2)cc1C. The molecule has 4 nitrogen and oxygen atoms in total. The summed E-state index contributed by atoms with van der Waals surface area (Å²) < 4.78 is 18.5. The monoisotopic (exact) mass is 356 g/mol. The highest BCUT2D eigenvalue weighted by Crippen LogP contribution is 2.25. The van der Waals surface area contributed by atoms with Crippen LogP contribution in [0.3, 0.4) is 0 Å². The van der Waals surface area contributed by atoms with Crippen molar-refractivity contribution in [2.24, 2.45) is 0 Å². The Hall–Kier alpha value is -2.73. The van der Waals surface area contributed by atoms with Crippen LogP contribution in [0.1, 0.15) is 11.1 Å². The number of nitrogens with zero attached hydrogens (tertiary/aromatic N) is 1. The smallest absolute Gasteiger partial charge is 0.264 e. The highest BCUT2D eigenvalue weighted by atomic mass is 32.1. The number of amides is 1. The zero-order chi connectivity index (χ0) is 17.8. The van der Waals surface area contributed by atoms with E-state index in [1.807, 2.05) is 37.4 Å². The molecule has 3 aromatic rings. The van der Waals surface area contributed by atoms with Gasteiger partial charge in [-0.15, -0.1) is 11.3 Å². The Morgan fingerprint density at radius 2 is 1.92 bits per heavy atom. The predicted molar refractivity (Wildman–Crippen MR) is 97.5 cm³/mol. The number of ether oxygens (including phenoxy) is 1. The van der Waals surface area contributed by atoms with Crippen LogP contribution in [0, 0.1) is 19.7 Å². The van der Waals surface area contributed by atoms with E-state index in [4.69, 9.17) is 4.74 Å². The van der Waals surface area contributed by atoms with E-state index in [1.54, 1.807) is 12.1 Å². The molecule has 0 aliphatic carbocycles. The van der Waals surface area contributed by atoms with Gasteiger partial charge in [-0.05, 0) is 61.4 Å². The first-order valence-corrected chi connectivity index (χ1v) is 8.60. The maximum absolute atomic E-state index is 13.0. The Kier molecular flexibility index (Phi) is 5.09. The van der Waals surface area contributed by atoms with E-state index in [-0.39, 0.29) is 18.3 Å². The first-order valence-electron chi connectivity index (χ1n) is 7.72. The molecule has 0 aliphatic heterocycles. The molecule has 3 rings (SSSR count). The van der Waals surface area contributed by atoms with Crippen molar-refractivity contribution in [2.45, 2.75) is 13.8 Å². The van der Waals surface area contributed by atoms with E-state index in [1.165, 1.54) is 29.0 Å². The summed E-state index contributed by atoms with van der Waals surface area (Å²) in [6.07, 6.45) is 0. The van der Waals surface area contributed by atoms with Gasteiger partial charge in [-0.1, -0.05) is 6.07 Å². The van der Waals surface area contributed by atoms with Gasteiger partial charge in [-0.3, -0.25) is 10.1 Å². The minimum Gasteiger partial charge on any atom is -0.484 e. The third-order valence-electron chi connectivity index (χ3n) is 3.74. The lowest BCUT2D eigenvalue weighted by Gasteiger charge is -2.07. The number of aromatic nitrogens is 1. The van der Waals surface area contributed by atoms with Crippen molar-refractivity contribution in [3.05, 3.63) is 64.8 Å². The molecule has 0 aliphatic rings. The molecular formula is C19H17FN2O2S. The van der Waals surface area contributed by atoms with Crippen LogP contribution in [0.25, 0.3) is 11.3 Å². The quantitative estimate of drug-likeness (QED) is 0.728. The molecule has 0 saturated carbocycles. The fourth-order valence-electron chi connectivity index (χ4n) is 2.19. The fraction of sp³-hybridized carbons (Fsp3) is 0.158. The average Bonchev–Trinajstić information content (AvgIpc) is 3.05. The lowest BCUT2D eigenvalue weighted by molar-refractivity contribution is -0.118. The third-order valence-corrected chi connectivity index (χ3v) is 4.50. The Balaban J connectivity index is 1.58. The summed E-state index contributed by atoms with van der Waals surface area (Å²) in [6.45, 7) is 3.93. The van der Waals surface area contributed by atoms with Gasteiger partial charge in [0.1, 0.15) is 11.6 Å². The topological polar surface area (TPSA) is 51.2 Å². The molecule has 1 amide bonds. The average molecular weight is 356 g/mol.